The summed E-state index contributed by atoms with van der Waals surface area (Å²) in [4.78, 5) is 33.4. The van der Waals surface area contributed by atoms with Gasteiger partial charge in [-0.15, -0.1) is 0 Å². The maximum Gasteiger partial charge on any atom is 0.337 e. The van der Waals surface area contributed by atoms with Crippen LogP contribution in [0.4, 0.5) is 0 Å². The van der Waals surface area contributed by atoms with Crippen LogP contribution in [0.25, 0.3) is 0 Å². The predicted octanol–water partition coefficient (Wildman–Crippen LogP) is -0.335. The van der Waals surface area contributed by atoms with E-state index in [1.165, 1.54) is 10.6 Å². The van der Waals surface area contributed by atoms with Crippen LogP contribution < -0.4 is 11.3 Å². The average Bonchev–Trinajstić information content (AvgIpc) is 2.26. The lowest BCUT2D eigenvalue weighted by atomic mass is 10.1. The maximum atomic E-state index is 11.8. The largest absolute Gasteiger partial charge is 0.478 e. The highest BCUT2D eigenvalue weighted by Gasteiger charge is 2.15. The number of ether oxygens (including phenoxy) is 1. The molecule has 0 unspecified atom stereocenters. The second kappa shape index (κ2) is 6.14. The van der Waals surface area contributed by atoms with E-state index in [2.05, 4.69) is 0 Å². The van der Waals surface area contributed by atoms with E-state index in [0.29, 0.717) is 11.3 Å². The number of aryl methyl sites for hydroxylation is 1. The van der Waals surface area contributed by atoms with Crippen LogP contribution in [0.15, 0.2) is 10.9 Å². The minimum absolute atomic E-state index is 0.103. The number of carbonyl (C=O) groups is 2. The minimum atomic E-state index is -1.08. The van der Waals surface area contributed by atoms with Crippen LogP contribution in [0.1, 0.15) is 21.6 Å². The van der Waals surface area contributed by atoms with Gasteiger partial charge in [0.1, 0.15) is 6.61 Å². The van der Waals surface area contributed by atoms with E-state index >= 15 is 0 Å². The van der Waals surface area contributed by atoms with E-state index in [9.17, 15) is 14.4 Å². The zero-order valence-electron chi connectivity index (χ0n) is 10.8. The molecule has 1 aromatic heterocycles. The van der Waals surface area contributed by atoms with Gasteiger partial charge in [-0.05, 0) is 19.4 Å². The third-order valence-electron chi connectivity index (χ3n) is 2.68. The fourth-order valence-electron chi connectivity index (χ4n) is 1.85. The van der Waals surface area contributed by atoms with Crippen molar-refractivity contribution in [1.82, 2.24) is 4.57 Å². The molecule has 7 nitrogen and oxygen atoms in total. The van der Waals surface area contributed by atoms with Gasteiger partial charge >= 0.3 is 5.97 Å². The Balaban J connectivity index is 2.95. The molecule has 7 heteroatoms. The fourth-order valence-corrected chi connectivity index (χ4v) is 1.85. The normalized spacial score (nSPS) is 10.4. The van der Waals surface area contributed by atoms with Crippen molar-refractivity contribution < 1.29 is 19.4 Å². The van der Waals surface area contributed by atoms with Crippen LogP contribution >= 0.6 is 0 Å². The highest BCUT2D eigenvalue weighted by Crippen LogP contribution is 2.11. The summed E-state index contributed by atoms with van der Waals surface area (Å²) in [6, 6.07) is 1.27. The Morgan fingerprint density at radius 3 is 2.58 bits per heavy atom. The van der Waals surface area contributed by atoms with Crippen molar-refractivity contribution in [3.05, 3.63) is 33.2 Å². The molecule has 0 bridgehead atoms. The van der Waals surface area contributed by atoms with Crippen LogP contribution in [-0.2, 0) is 16.1 Å². The smallest absolute Gasteiger partial charge is 0.337 e. The molecule has 0 aliphatic carbocycles. The molecule has 0 aliphatic rings. The van der Waals surface area contributed by atoms with E-state index in [4.69, 9.17) is 15.6 Å². The first-order valence-corrected chi connectivity index (χ1v) is 5.65. The highest BCUT2D eigenvalue weighted by atomic mass is 16.5. The first-order valence-electron chi connectivity index (χ1n) is 5.65. The molecule has 0 aromatic carbocycles. The number of hydrogen-bond donors (Lipinski definition) is 2. The molecule has 1 amide bonds. The molecule has 1 rings (SSSR count). The lowest BCUT2D eigenvalue weighted by Crippen LogP contribution is -2.28. The number of nitrogens with zero attached hydrogens (tertiary/aromatic N) is 1. The summed E-state index contributed by atoms with van der Waals surface area (Å²) < 4.78 is 6.26. The van der Waals surface area contributed by atoms with Crippen LogP contribution in [0.3, 0.4) is 0 Å². The molecule has 0 radical (unpaired) electrons. The van der Waals surface area contributed by atoms with Crippen LogP contribution in [0.5, 0.6) is 0 Å². The van der Waals surface area contributed by atoms with Gasteiger partial charge in [-0.3, -0.25) is 9.59 Å². The number of aromatic nitrogens is 1. The first kappa shape index (κ1) is 14.9. The van der Waals surface area contributed by atoms with Crippen LogP contribution in [0.2, 0.25) is 0 Å². The standard InChI is InChI=1S/C12H16N2O5/c1-7-5-10(16)14(3-4-19-6-9(13)15)8(2)11(7)12(17)18/h5H,3-4,6H2,1-2H3,(H2,13,15)(H,17,18). The van der Waals surface area contributed by atoms with Crippen molar-refractivity contribution in [2.45, 2.75) is 20.4 Å². The van der Waals surface area contributed by atoms with E-state index in [-0.39, 0.29) is 30.9 Å². The SMILES string of the molecule is Cc1cc(=O)n(CCOCC(N)=O)c(C)c1C(=O)O. The Hall–Kier alpha value is -2.15. The number of hydrogen-bond acceptors (Lipinski definition) is 4. The number of amides is 1. The molecular weight excluding hydrogens is 252 g/mol. The quantitative estimate of drug-likeness (QED) is 0.686. The monoisotopic (exact) mass is 268 g/mol. The molecule has 104 valence electrons. The zero-order valence-corrected chi connectivity index (χ0v) is 10.8. The first-order chi connectivity index (χ1) is 8.84. The topological polar surface area (TPSA) is 112 Å². The van der Waals surface area contributed by atoms with Gasteiger partial charge in [0.15, 0.2) is 0 Å². The van der Waals surface area contributed by atoms with E-state index in [0.717, 1.165) is 0 Å². The van der Waals surface area contributed by atoms with Crippen molar-refractivity contribution in [2.24, 2.45) is 5.73 Å². The maximum absolute atomic E-state index is 11.8. The van der Waals surface area contributed by atoms with Crippen molar-refractivity contribution in [3.8, 4) is 0 Å². The summed E-state index contributed by atoms with van der Waals surface area (Å²) in [5.74, 6) is -1.68. The third kappa shape index (κ3) is 3.65. The molecule has 19 heavy (non-hydrogen) atoms. The molecule has 1 aromatic rings. The summed E-state index contributed by atoms with van der Waals surface area (Å²) in [5.41, 5.74) is 5.49. The van der Waals surface area contributed by atoms with E-state index in [1.807, 2.05) is 0 Å². The van der Waals surface area contributed by atoms with Gasteiger partial charge in [-0.1, -0.05) is 0 Å². The molecular formula is C12H16N2O5. The van der Waals surface area contributed by atoms with Gasteiger partial charge in [0.2, 0.25) is 5.91 Å². The van der Waals surface area contributed by atoms with Gasteiger partial charge in [0.05, 0.1) is 12.2 Å². The zero-order chi connectivity index (χ0) is 14.6. The second-order valence-corrected chi connectivity index (χ2v) is 4.10. The van der Waals surface area contributed by atoms with Gasteiger partial charge in [-0.2, -0.15) is 0 Å². The van der Waals surface area contributed by atoms with Crippen LogP contribution in [0, 0.1) is 13.8 Å². The molecule has 1 heterocycles. The number of carboxylic acids is 1. The molecule has 3 N–H and O–H groups in total. The minimum Gasteiger partial charge on any atom is -0.478 e. The van der Waals surface area contributed by atoms with Crippen molar-refractivity contribution in [3.63, 3.8) is 0 Å². The predicted molar refractivity (Wildman–Crippen MR) is 67.1 cm³/mol. The Morgan fingerprint density at radius 1 is 1.42 bits per heavy atom. The van der Waals surface area contributed by atoms with Crippen molar-refractivity contribution in [1.29, 1.82) is 0 Å². The van der Waals surface area contributed by atoms with E-state index < -0.39 is 11.9 Å². The average molecular weight is 268 g/mol. The lowest BCUT2D eigenvalue weighted by Gasteiger charge is -2.13. The summed E-state index contributed by atoms with van der Waals surface area (Å²) in [5, 5.41) is 9.10. The number of nitrogens with two attached hydrogens (primary N) is 1. The van der Waals surface area contributed by atoms with Crippen molar-refractivity contribution in [2.75, 3.05) is 13.2 Å². The molecule has 0 fully saturated rings. The summed E-state index contributed by atoms with van der Waals surface area (Å²) in [6.45, 7) is 3.17. The third-order valence-corrected chi connectivity index (χ3v) is 2.68. The number of primary amides is 1. The Labute approximate surface area is 109 Å². The summed E-state index contributed by atoms with van der Waals surface area (Å²) in [6.07, 6.45) is 0. The Bertz CT molecular complexity index is 562. The number of carbonyl (C=O) groups excluding carboxylic acids is 1. The molecule has 0 saturated carbocycles. The molecule has 0 aliphatic heterocycles. The number of pyridine rings is 1. The fraction of sp³-hybridized carbons (Fsp3) is 0.417. The van der Waals surface area contributed by atoms with Gasteiger partial charge < -0.3 is 20.1 Å². The summed E-state index contributed by atoms with van der Waals surface area (Å²) >= 11 is 0. The van der Waals surface area contributed by atoms with Crippen LogP contribution in [-0.4, -0.2) is 34.8 Å². The van der Waals surface area contributed by atoms with Gasteiger partial charge in [0.25, 0.3) is 5.56 Å². The number of rotatable bonds is 6. The van der Waals surface area contributed by atoms with Gasteiger partial charge in [-0.25, -0.2) is 4.79 Å². The lowest BCUT2D eigenvalue weighted by molar-refractivity contribution is -0.122. The second-order valence-electron chi connectivity index (χ2n) is 4.10. The molecule has 0 spiro atoms. The Morgan fingerprint density at radius 2 is 2.05 bits per heavy atom. The van der Waals surface area contributed by atoms with Gasteiger partial charge in [0, 0.05) is 18.3 Å². The van der Waals surface area contributed by atoms with Crippen molar-refractivity contribution >= 4 is 11.9 Å². The number of aromatic carboxylic acids is 1. The molecule has 0 atom stereocenters. The Kier molecular flexibility index (Phi) is 4.82. The highest BCUT2D eigenvalue weighted by molar-refractivity contribution is 5.90. The summed E-state index contributed by atoms with van der Waals surface area (Å²) in [7, 11) is 0. The molecule has 0 saturated heterocycles. The number of carboxylic acid groups (broad SMARTS) is 1. The van der Waals surface area contributed by atoms with E-state index in [1.54, 1.807) is 13.8 Å².